The van der Waals surface area contributed by atoms with Gasteiger partial charge in [0.2, 0.25) is 0 Å². The van der Waals surface area contributed by atoms with Crippen molar-refractivity contribution in [1.82, 2.24) is 0 Å². The molecule has 88 valence electrons. The summed E-state index contributed by atoms with van der Waals surface area (Å²) in [7, 11) is 0. The molecule has 5 nitrogen and oxygen atoms in total. The monoisotopic (exact) mass is 224 g/mol. The second-order valence-corrected chi connectivity index (χ2v) is 3.71. The summed E-state index contributed by atoms with van der Waals surface area (Å²) in [5.41, 5.74) is 1.45. The van der Waals surface area contributed by atoms with E-state index in [1.165, 1.54) is 6.07 Å². The fourth-order valence-corrected chi connectivity index (χ4v) is 1.42. The van der Waals surface area contributed by atoms with Gasteiger partial charge in [-0.2, -0.15) is 0 Å². The normalized spacial score (nSPS) is 12.2. The first kappa shape index (κ1) is 12.4. The lowest BCUT2D eigenvalue weighted by atomic mass is 10.1. The standard InChI is InChI=1S/C11H16N2O3/c1-3-9(7-14)12-10-6-8(2)4-5-11(10)13(15)16/h4-6,9,12,14H,3,7H2,1-2H3. The van der Waals surface area contributed by atoms with E-state index in [-0.39, 0.29) is 18.3 Å². The van der Waals surface area contributed by atoms with Crippen LogP contribution in [0.2, 0.25) is 0 Å². The molecule has 16 heavy (non-hydrogen) atoms. The molecule has 2 N–H and O–H groups in total. The lowest BCUT2D eigenvalue weighted by molar-refractivity contribution is -0.384. The molecule has 0 saturated heterocycles. The van der Waals surface area contributed by atoms with Crippen LogP contribution < -0.4 is 5.32 Å². The first-order chi connectivity index (χ1) is 7.58. The highest BCUT2D eigenvalue weighted by molar-refractivity contribution is 5.63. The Bertz CT molecular complexity index is 375. The molecule has 0 aliphatic heterocycles. The smallest absolute Gasteiger partial charge is 0.292 e. The maximum Gasteiger partial charge on any atom is 0.292 e. The van der Waals surface area contributed by atoms with Crippen molar-refractivity contribution in [3.05, 3.63) is 33.9 Å². The third-order valence-electron chi connectivity index (χ3n) is 2.42. The van der Waals surface area contributed by atoms with E-state index < -0.39 is 4.92 Å². The van der Waals surface area contributed by atoms with Crippen molar-refractivity contribution in [3.63, 3.8) is 0 Å². The maximum absolute atomic E-state index is 10.8. The van der Waals surface area contributed by atoms with E-state index in [0.717, 1.165) is 5.56 Å². The Hall–Kier alpha value is -1.62. The molecule has 0 radical (unpaired) electrons. The molecule has 1 aromatic rings. The molecule has 0 bridgehead atoms. The van der Waals surface area contributed by atoms with Crippen LogP contribution in [0.4, 0.5) is 11.4 Å². The molecule has 0 fully saturated rings. The number of aliphatic hydroxyl groups is 1. The third kappa shape index (κ3) is 2.93. The average molecular weight is 224 g/mol. The van der Waals surface area contributed by atoms with E-state index in [1.807, 2.05) is 13.8 Å². The fraction of sp³-hybridized carbons (Fsp3) is 0.455. The van der Waals surface area contributed by atoms with E-state index in [9.17, 15) is 10.1 Å². The zero-order valence-corrected chi connectivity index (χ0v) is 9.43. The average Bonchev–Trinajstić information content (AvgIpc) is 2.25. The summed E-state index contributed by atoms with van der Waals surface area (Å²) in [6.07, 6.45) is 0.710. The van der Waals surface area contributed by atoms with Crippen LogP contribution >= 0.6 is 0 Å². The molecule has 0 spiro atoms. The van der Waals surface area contributed by atoms with Gasteiger partial charge in [-0.25, -0.2) is 0 Å². The Morgan fingerprint density at radius 2 is 2.25 bits per heavy atom. The van der Waals surface area contributed by atoms with Gasteiger partial charge in [-0.1, -0.05) is 13.0 Å². The molecule has 0 aromatic heterocycles. The van der Waals surface area contributed by atoms with Crippen molar-refractivity contribution in [2.75, 3.05) is 11.9 Å². The van der Waals surface area contributed by atoms with Gasteiger partial charge in [-0.05, 0) is 25.0 Å². The Labute approximate surface area is 94.3 Å². The molecule has 5 heteroatoms. The van der Waals surface area contributed by atoms with Gasteiger partial charge < -0.3 is 10.4 Å². The highest BCUT2D eigenvalue weighted by Gasteiger charge is 2.15. The summed E-state index contributed by atoms with van der Waals surface area (Å²) < 4.78 is 0. The van der Waals surface area contributed by atoms with Gasteiger partial charge in [-0.3, -0.25) is 10.1 Å². The van der Waals surface area contributed by atoms with Gasteiger partial charge in [0.1, 0.15) is 5.69 Å². The second-order valence-electron chi connectivity index (χ2n) is 3.71. The first-order valence-corrected chi connectivity index (χ1v) is 5.21. The summed E-state index contributed by atoms with van der Waals surface area (Å²) in [5, 5.41) is 22.8. The topological polar surface area (TPSA) is 75.4 Å². The van der Waals surface area contributed by atoms with Crippen LogP contribution in [-0.2, 0) is 0 Å². The molecule has 1 rings (SSSR count). The number of rotatable bonds is 5. The zero-order chi connectivity index (χ0) is 12.1. The van der Waals surface area contributed by atoms with Crippen LogP contribution in [0.1, 0.15) is 18.9 Å². The number of aliphatic hydroxyl groups excluding tert-OH is 1. The molecule has 0 aliphatic rings. The molecule has 0 saturated carbocycles. The molecule has 0 aliphatic carbocycles. The Morgan fingerprint density at radius 1 is 1.56 bits per heavy atom. The number of hydrogen-bond donors (Lipinski definition) is 2. The van der Waals surface area contributed by atoms with Crippen molar-refractivity contribution in [2.24, 2.45) is 0 Å². The quantitative estimate of drug-likeness (QED) is 0.593. The Balaban J connectivity index is 3.00. The fourth-order valence-electron chi connectivity index (χ4n) is 1.42. The molecular weight excluding hydrogens is 208 g/mol. The van der Waals surface area contributed by atoms with Gasteiger partial charge in [0, 0.05) is 12.1 Å². The van der Waals surface area contributed by atoms with Crippen molar-refractivity contribution in [3.8, 4) is 0 Å². The van der Waals surface area contributed by atoms with Gasteiger partial charge in [-0.15, -0.1) is 0 Å². The Kier molecular flexibility index (Phi) is 4.25. The predicted octanol–water partition coefficient (Wildman–Crippen LogP) is 2.09. The third-order valence-corrected chi connectivity index (χ3v) is 2.42. The minimum Gasteiger partial charge on any atom is -0.394 e. The summed E-state index contributed by atoms with van der Waals surface area (Å²) in [6, 6.07) is 4.74. The number of benzene rings is 1. The van der Waals surface area contributed by atoms with Crippen molar-refractivity contribution >= 4 is 11.4 Å². The maximum atomic E-state index is 10.8. The molecular formula is C11H16N2O3. The van der Waals surface area contributed by atoms with E-state index in [4.69, 9.17) is 5.11 Å². The highest BCUT2D eigenvalue weighted by atomic mass is 16.6. The van der Waals surface area contributed by atoms with Crippen molar-refractivity contribution < 1.29 is 10.0 Å². The van der Waals surface area contributed by atoms with E-state index in [2.05, 4.69) is 5.32 Å². The van der Waals surface area contributed by atoms with Crippen LogP contribution in [0.25, 0.3) is 0 Å². The number of nitrogens with zero attached hydrogens (tertiary/aromatic N) is 1. The van der Waals surface area contributed by atoms with E-state index in [1.54, 1.807) is 12.1 Å². The number of anilines is 1. The number of nitro groups is 1. The van der Waals surface area contributed by atoms with Gasteiger partial charge >= 0.3 is 0 Å². The molecule has 1 unspecified atom stereocenters. The summed E-state index contributed by atoms with van der Waals surface area (Å²) >= 11 is 0. The predicted molar refractivity (Wildman–Crippen MR) is 62.6 cm³/mol. The second kappa shape index (κ2) is 5.46. The minimum absolute atomic E-state index is 0.0394. The summed E-state index contributed by atoms with van der Waals surface area (Å²) in [5.74, 6) is 0. The van der Waals surface area contributed by atoms with Crippen molar-refractivity contribution in [2.45, 2.75) is 26.3 Å². The van der Waals surface area contributed by atoms with Crippen LogP contribution in [0.15, 0.2) is 18.2 Å². The number of aryl methyl sites for hydroxylation is 1. The SMILES string of the molecule is CCC(CO)Nc1cc(C)ccc1[N+](=O)[O-]. The lowest BCUT2D eigenvalue weighted by Gasteiger charge is -2.15. The number of nitro benzene ring substituents is 1. The van der Waals surface area contributed by atoms with Crippen LogP contribution in [0.3, 0.4) is 0 Å². The molecule has 1 aromatic carbocycles. The lowest BCUT2D eigenvalue weighted by Crippen LogP contribution is -2.23. The van der Waals surface area contributed by atoms with Crippen LogP contribution in [0, 0.1) is 17.0 Å². The minimum atomic E-state index is -0.425. The van der Waals surface area contributed by atoms with Crippen LogP contribution in [-0.4, -0.2) is 22.7 Å². The molecule has 0 heterocycles. The number of hydrogen-bond acceptors (Lipinski definition) is 4. The van der Waals surface area contributed by atoms with Gasteiger partial charge in [0.25, 0.3) is 5.69 Å². The van der Waals surface area contributed by atoms with E-state index >= 15 is 0 Å². The van der Waals surface area contributed by atoms with Gasteiger partial charge in [0.05, 0.1) is 11.5 Å². The largest absolute Gasteiger partial charge is 0.394 e. The summed E-state index contributed by atoms with van der Waals surface area (Å²) in [4.78, 5) is 10.4. The highest BCUT2D eigenvalue weighted by Crippen LogP contribution is 2.26. The molecule has 1 atom stereocenters. The molecule has 0 amide bonds. The zero-order valence-electron chi connectivity index (χ0n) is 9.43. The Morgan fingerprint density at radius 3 is 2.75 bits per heavy atom. The first-order valence-electron chi connectivity index (χ1n) is 5.21. The van der Waals surface area contributed by atoms with Gasteiger partial charge in [0.15, 0.2) is 0 Å². The summed E-state index contributed by atoms with van der Waals surface area (Å²) in [6.45, 7) is 3.74. The van der Waals surface area contributed by atoms with Crippen LogP contribution in [0.5, 0.6) is 0 Å². The van der Waals surface area contributed by atoms with Crippen molar-refractivity contribution in [1.29, 1.82) is 0 Å². The van der Waals surface area contributed by atoms with E-state index in [0.29, 0.717) is 12.1 Å². The number of nitrogens with one attached hydrogen (secondary N) is 1.